The van der Waals surface area contributed by atoms with E-state index in [0.29, 0.717) is 24.2 Å². The van der Waals surface area contributed by atoms with Crippen molar-refractivity contribution >= 4 is 5.69 Å². The number of halogens is 1. The second-order valence-electron chi connectivity index (χ2n) is 6.40. The van der Waals surface area contributed by atoms with E-state index < -0.39 is 0 Å². The molecule has 0 aliphatic heterocycles. The molecule has 1 heterocycles. The Morgan fingerprint density at radius 2 is 2.12 bits per heavy atom. The van der Waals surface area contributed by atoms with Crippen LogP contribution in [0.3, 0.4) is 0 Å². The molecule has 1 aromatic carbocycles. The molecule has 0 spiro atoms. The SMILES string of the molecule is CCN(CC)c1ccc(CNC(Cn2cncn2)C2CC2)cc1F. The van der Waals surface area contributed by atoms with Gasteiger partial charge in [-0.25, -0.2) is 9.37 Å². The first-order valence-electron chi connectivity index (χ1n) is 8.80. The Labute approximate surface area is 142 Å². The summed E-state index contributed by atoms with van der Waals surface area (Å²) in [6.45, 7) is 7.20. The predicted molar refractivity (Wildman–Crippen MR) is 93.3 cm³/mol. The average molecular weight is 331 g/mol. The molecule has 1 aliphatic carbocycles. The summed E-state index contributed by atoms with van der Waals surface area (Å²) in [4.78, 5) is 6.03. The Bertz CT molecular complexity index is 635. The van der Waals surface area contributed by atoms with Gasteiger partial charge in [0.1, 0.15) is 18.5 Å². The smallest absolute Gasteiger partial charge is 0.146 e. The van der Waals surface area contributed by atoms with Crippen LogP contribution in [0.4, 0.5) is 10.1 Å². The van der Waals surface area contributed by atoms with Gasteiger partial charge in [-0.05, 0) is 50.3 Å². The van der Waals surface area contributed by atoms with E-state index in [-0.39, 0.29) is 5.82 Å². The van der Waals surface area contributed by atoms with E-state index in [9.17, 15) is 4.39 Å². The average Bonchev–Trinajstić information content (AvgIpc) is 3.31. The zero-order chi connectivity index (χ0) is 16.9. The topological polar surface area (TPSA) is 46.0 Å². The largest absolute Gasteiger partial charge is 0.370 e. The second kappa shape index (κ2) is 7.75. The summed E-state index contributed by atoms with van der Waals surface area (Å²) in [5, 5.41) is 7.76. The maximum Gasteiger partial charge on any atom is 0.146 e. The summed E-state index contributed by atoms with van der Waals surface area (Å²) >= 11 is 0. The minimum Gasteiger partial charge on any atom is -0.370 e. The van der Waals surface area contributed by atoms with Crippen molar-refractivity contribution in [3.8, 4) is 0 Å². The Hall–Kier alpha value is -1.95. The van der Waals surface area contributed by atoms with E-state index in [1.54, 1.807) is 18.7 Å². The van der Waals surface area contributed by atoms with E-state index in [1.165, 1.54) is 12.8 Å². The molecule has 3 rings (SSSR count). The van der Waals surface area contributed by atoms with E-state index in [0.717, 1.165) is 25.2 Å². The molecule has 1 unspecified atom stereocenters. The fourth-order valence-corrected chi connectivity index (χ4v) is 3.14. The zero-order valence-electron chi connectivity index (χ0n) is 14.5. The van der Waals surface area contributed by atoms with Crippen molar-refractivity contribution in [1.82, 2.24) is 20.1 Å². The van der Waals surface area contributed by atoms with Gasteiger partial charge in [-0.2, -0.15) is 5.10 Å². The normalized spacial score (nSPS) is 15.5. The van der Waals surface area contributed by atoms with Crippen LogP contribution >= 0.6 is 0 Å². The molecule has 5 nitrogen and oxygen atoms in total. The van der Waals surface area contributed by atoms with Crippen LogP contribution in [0, 0.1) is 11.7 Å². The van der Waals surface area contributed by atoms with Crippen LogP contribution < -0.4 is 10.2 Å². The lowest BCUT2D eigenvalue weighted by atomic mass is 10.1. The molecule has 0 radical (unpaired) electrons. The van der Waals surface area contributed by atoms with Crippen LogP contribution in [0.25, 0.3) is 0 Å². The lowest BCUT2D eigenvalue weighted by Gasteiger charge is -2.22. The minimum atomic E-state index is -0.141. The number of aromatic nitrogens is 3. The highest BCUT2D eigenvalue weighted by molar-refractivity contribution is 5.49. The van der Waals surface area contributed by atoms with Crippen molar-refractivity contribution in [3.63, 3.8) is 0 Å². The number of hydrogen-bond donors (Lipinski definition) is 1. The van der Waals surface area contributed by atoms with Crippen LogP contribution in [0.1, 0.15) is 32.3 Å². The van der Waals surface area contributed by atoms with Gasteiger partial charge in [-0.3, -0.25) is 4.68 Å². The molecule has 1 saturated carbocycles. The number of hydrogen-bond acceptors (Lipinski definition) is 4. The van der Waals surface area contributed by atoms with Crippen molar-refractivity contribution in [2.75, 3.05) is 18.0 Å². The standard InChI is InChI=1S/C18H26FN5/c1-3-23(4-2)18-8-5-14(9-16(18)19)10-21-17(15-6-7-15)11-24-13-20-12-22-24/h5,8-9,12-13,15,17,21H,3-4,6-7,10-11H2,1-2H3. The first-order valence-corrected chi connectivity index (χ1v) is 8.80. The van der Waals surface area contributed by atoms with E-state index in [4.69, 9.17) is 0 Å². The second-order valence-corrected chi connectivity index (χ2v) is 6.40. The fourth-order valence-electron chi connectivity index (χ4n) is 3.14. The number of anilines is 1. The molecule has 0 saturated heterocycles. The van der Waals surface area contributed by atoms with Gasteiger partial charge in [-0.1, -0.05) is 6.07 Å². The lowest BCUT2D eigenvalue weighted by molar-refractivity contribution is 0.387. The van der Waals surface area contributed by atoms with Gasteiger partial charge in [0.05, 0.1) is 12.2 Å². The number of benzene rings is 1. The molecule has 1 atom stereocenters. The summed E-state index contributed by atoms with van der Waals surface area (Å²) in [6, 6.07) is 5.92. The van der Waals surface area contributed by atoms with E-state index in [2.05, 4.69) is 15.4 Å². The molecule has 2 aromatic rings. The Morgan fingerprint density at radius 3 is 2.71 bits per heavy atom. The van der Waals surface area contributed by atoms with Gasteiger partial charge in [0.25, 0.3) is 0 Å². The summed E-state index contributed by atoms with van der Waals surface area (Å²) in [5.41, 5.74) is 1.66. The van der Waals surface area contributed by atoms with Gasteiger partial charge in [0.15, 0.2) is 0 Å². The van der Waals surface area contributed by atoms with Gasteiger partial charge in [-0.15, -0.1) is 0 Å². The first-order chi connectivity index (χ1) is 11.7. The molecular weight excluding hydrogens is 305 g/mol. The summed E-state index contributed by atoms with van der Waals surface area (Å²) in [7, 11) is 0. The maximum atomic E-state index is 14.4. The van der Waals surface area contributed by atoms with Crippen LogP contribution in [-0.2, 0) is 13.1 Å². The van der Waals surface area contributed by atoms with Crippen LogP contribution in [0.15, 0.2) is 30.9 Å². The van der Waals surface area contributed by atoms with Crippen LogP contribution in [-0.4, -0.2) is 33.9 Å². The van der Waals surface area contributed by atoms with Crippen molar-refractivity contribution in [3.05, 3.63) is 42.2 Å². The molecule has 6 heteroatoms. The predicted octanol–water partition coefficient (Wildman–Crippen LogP) is 2.83. The van der Waals surface area contributed by atoms with Crippen LogP contribution in [0.2, 0.25) is 0 Å². The van der Waals surface area contributed by atoms with Crippen molar-refractivity contribution in [2.24, 2.45) is 5.92 Å². The molecule has 0 amide bonds. The van der Waals surface area contributed by atoms with E-state index in [1.807, 2.05) is 35.6 Å². The van der Waals surface area contributed by atoms with Gasteiger partial charge in [0.2, 0.25) is 0 Å². The molecule has 1 aliphatic rings. The summed E-state index contributed by atoms with van der Waals surface area (Å²) in [5.74, 6) is 0.547. The third-order valence-corrected chi connectivity index (χ3v) is 4.73. The first kappa shape index (κ1) is 16.9. The monoisotopic (exact) mass is 331 g/mol. The zero-order valence-corrected chi connectivity index (χ0v) is 14.5. The van der Waals surface area contributed by atoms with Gasteiger partial charge >= 0.3 is 0 Å². The highest BCUT2D eigenvalue weighted by atomic mass is 19.1. The number of rotatable bonds is 9. The lowest BCUT2D eigenvalue weighted by Crippen LogP contribution is -2.35. The Balaban J connectivity index is 1.61. The Morgan fingerprint density at radius 1 is 1.33 bits per heavy atom. The number of nitrogens with one attached hydrogen (secondary N) is 1. The molecule has 130 valence electrons. The summed E-state index contributed by atoms with van der Waals surface area (Å²) in [6.07, 6.45) is 5.81. The van der Waals surface area contributed by atoms with Crippen molar-refractivity contribution < 1.29 is 4.39 Å². The highest BCUT2D eigenvalue weighted by Gasteiger charge is 2.31. The molecule has 1 N–H and O–H groups in total. The third-order valence-electron chi connectivity index (χ3n) is 4.73. The third kappa shape index (κ3) is 4.12. The van der Waals surface area contributed by atoms with Crippen molar-refractivity contribution in [1.29, 1.82) is 0 Å². The summed E-state index contributed by atoms with van der Waals surface area (Å²) < 4.78 is 16.2. The molecular formula is C18H26FN5. The highest BCUT2D eigenvalue weighted by Crippen LogP contribution is 2.33. The fraction of sp³-hybridized carbons (Fsp3) is 0.556. The quantitative estimate of drug-likeness (QED) is 0.767. The number of nitrogens with zero attached hydrogens (tertiary/aromatic N) is 4. The molecule has 1 aromatic heterocycles. The molecule has 24 heavy (non-hydrogen) atoms. The minimum absolute atomic E-state index is 0.141. The van der Waals surface area contributed by atoms with E-state index >= 15 is 0 Å². The Kier molecular flexibility index (Phi) is 5.45. The van der Waals surface area contributed by atoms with Gasteiger partial charge < -0.3 is 10.2 Å². The van der Waals surface area contributed by atoms with Crippen LogP contribution in [0.5, 0.6) is 0 Å². The molecule has 1 fully saturated rings. The van der Waals surface area contributed by atoms with Crippen molar-refractivity contribution in [2.45, 2.75) is 45.8 Å². The molecule has 0 bridgehead atoms. The van der Waals surface area contributed by atoms with Gasteiger partial charge in [0, 0.05) is 25.7 Å². The maximum absolute atomic E-state index is 14.4.